The van der Waals surface area contributed by atoms with Gasteiger partial charge in [0.05, 0.1) is 12.0 Å². The average molecular weight is 412 g/mol. The van der Waals surface area contributed by atoms with Crippen LogP contribution in [0.15, 0.2) is 48.5 Å². The van der Waals surface area contributed by atoms with Crippen LogP contribution in [0.3, 0.4) is 0 Å². The van der Waals surface area contributed by atoms with Crippen molar-refractivity contribution in [2.24, 2.45) is 0 Å². The molecule has 0 aliphatic carbocycles. The smallest absolute Gasteiger partial charge is 0.325 e. The lowest BCUT2D eigenvalue weighted by atomic mass is 9.92. The molecule has 10 heteroatoms. The Morgan fingerprint density at radius 2 is 1.87 bits per heavy atom. The summed E-state index contributed by atoms with van der Waals surface area (Å²) in [5, 5.41) is 15.9. The Morgan fingerprint density at radius 3 is 2.50 bits per heavy atom. The maximum Gasteiger partial charge on any atom is 0.325 e. The van der Waals surface area contributed by atoms with Crippen LogP contribution < -0.4 is 15.4 Å². The summed E-state index contributed by atoms with van der Waals surface area (Å²) < 4.78 is 5.30. The van der Waals surface area contributed by atoms with Gasteiger partial charge in [-0.3, -0.25) is 24.6 Å². The van der Waals surface area contributed by atoms with Crippen molar-refractivity contribution in [1.29, 1.82) is 0 Å². The van der Waals surface area contributed by atoms with E-state index in [1.54, 1.807) is 31.2 Å². The van der Waals surface area contributed by atoms with Crippen LogP contribution in [0.5, 0.6) is 5.75 Å². The van der Waals surface area contributed by atoms with E-state index in [2.05, 4.69) is 10.6 Å². The summed E-state index contributed by atoms with van der Waals surface area (Å²) in [5.41, 5.74) is -0.281. The van der Waals surface area contributed by atoms with E-state index in [-0.39, 0.29) is 12.1 Å². The first-order chi connectivity index (χ1) is 14.2. The number of carbonyl (C=O) groups excluding carboxylic acids is 3. The third-order valence-corrected chi connectivity index (χ3v) is 4.75. The molecule has 4 amide bonds. The molecule has 0 radical (unpaired) electrons. The number of methoxy groups -OCH3 is 1. The highest BCUT2D eigenvalue weighted by Gasteiger charge is 2.48. The molecule has 156 valence electrons. The van der Waals surface area contributed by atoms with E-state index in [4.69, 9.17) is 4.74 Å². The van der Waals surface area contributed by atoms with Gasteiger partial charge in [-0.05, 0) is 30.7 Å². The monoisotopic (exact) mass is 412 g/mol. The van der Waals surface area contributed by atoms with Crippen molar-refractivity contribution in [1.82, 2.24) is 10.2 Å². The number of nitro groups is 1. The lowest BCUT2D eigenvalue weighted by Gasteiger charge is -2.22. The molecule has 2 aromatic carbocycles. The zero-order valence-electron chi connectivity index (χ0n) is 16.4. The van der Waals surface area contributed by atoms with Crippen molar-refractivity contribution in [3.8, 4) is 5.75 Å². The van der Waals surface area contributed by atoms with Crippen molar-refractivity contribution < 1.29 is 24.0 Å². The second kappa shape index (κ2) is 8.19. The number of ether oxygens (including phenoxy) is 1. The Hall–Kier alpha value is -3.95. The summed E-state index contributed by atoms with van der Waals surface area (Å²) >= 11 is 0. The zero-order chi connectivity index (χ0) is 21.9. The first-order valence-corrected chi connectivity index (χ1v) is 9.04. The Kier molecular flexibility index (Phi) is 5.67. The van der Waals surface area contributed by atoms with E-state index in [1.807, 2.05) is 0 Å². The number of rotatable bonds is 7. The molecule has 1 saturated heterocycles. The topological polar surface area (TPSA) is 131 Å². The maximum absolute atomic E-state index is 12.9. The second-order valence-electron chi connectivity index (χ2n) is 6.99. The molecular weight excluding hydrogens is 392 g/mol. The molecule has 0 aromatic heterocycles. The SMILES string of the molecule is COc1ccccc1C[C@]1(C)NC(=O)N(CC(=O)Nc2ccc([N+](=O)[O-])cc2)C1=O. The summed E-state index contributed by atoms with van der Waals surface area (Å²) in [6.07, 6.45) is 0.196. The summed E-state index contributed by atoms with van der Waals surface area (Å²) in [4.78, 5) is 48.5. The molecule has 1 atom stereocenters. The van der Waals surface area contributed by atoms with Gasteiger partial charge in [0.2, 0.25) is 5.91 Å². The molecule has 1 heterocycles. The van der Waals surface area contributed by atoms with Crippen LogP contribution in [0, 0.1) is 10.1 Å². The Balaban J connectivity index is 1.68. The highest BCUT2D eigenvalue weighted by Crippen LogP contribution is 2.27. The minimum absolute atomic E-state index is 0.116. The van der Waals surface area contributed by atoms with Gasteiger partial charge in [0.1, 0.15) is 17.8 Å². The second-order valence-corrected chi connectivity index (χ2v) is 6.99. The van der Waals surface area contributed by atoms with Gasteiger partial charge in [-0.25, -0.2) is 4.79 Å². The van der Waals surface area contributed by atoms with Gasteiger partial charge >= 0.3 is 6.03 Å². The first-order valence-electron chi connectivity index (χ1n) is 9.04. The lowest BCUT2D eigenvalue weighted by molar-refractivity contribution is -0.384. The van der Waals surface area contributed by atoms with Crippen LogP contribution in [-0.4, -0.2) is 46.9 Å². The number of para-hydroxylation sites is 1. The normalized spacial score (nSPS) is 18.1. The van der Waals surface area contributed by atoms with Crippen molar-refractivity contribution in [3.05, 3.63) is 64.2 Å². The molecule has 0 bridgehead atoms. The highest BCUT2D eigenvalue weighted by atomic mass is 16.6. The fraction of sp³-hybridized carbons (Fsp3) is 0.250. The number of nitrogens with one attached hydrogen (secondary N) is 2. The zero-order valence-corrected chi connectivity index (χ0v) is 16.4. The number of carbonyl (C=O) groups is 3. The van der Waals surface area contributed by atoms with Crippen LogP contribution in [0.1, 0.15) is 12.5 Å². The minimum Gasteiger partial charge on any atom is -0.496 e. The standard InChI is InChI=1S/C20H20N4O6/c1-20(11-13-5-3-4-6-16(13)30-2)18(26)23(19(27)22-20)12-17(25)21-14-7-9-15(10-8-14)24(28)29/h3-10H,11-12H2,1-2H3,(H,21,25)(H,22,27)/t20-/m0/s1. The largest absolute Gasteiger partial charge is 0.496 e. The van der Waals surface area contributed by atoms with E-state index < -0.39 is 34.9 Å². The van der Waals surface area contributed by atoms with E-state index in [9.17, 15) is 24.5 Å². The molecular formula is C20H20N4O6. The number of amides is 4. The van der Waals surface area contributed by atoms with Crippen molar-refractivity contribution >= 4 is 29.2 Å². The molecule has 30 heavy (non-hydrogen) atoms. The molecule has 1 aliphatic rings. The number of hydrogen-bond donors (Lipinski definition) is 2. The molecule has 1 aliphatic heterocycles. The number of nitrogens with zero attached hydrogens (tertiary/aromatic N) is 2. The minimum atomic E-state index is -1.22. The number of non-ortho nitro benzene ring substituents is 1. The third kappa shape index (κ3) is 4.22. The quantitative estimate of drug-likeness (QED) is 0.407. The van der Waals surface area contributed by atoms with E-state index in [0.29, 0.717) is 11.4 Å². The Morgan fingerprint density at radius 1 is 1.20 bits per heavy atom. The predicted octanol–water partition coefficient (Wildman–Crippen LogP) is 2.10. The average Bonchev–Trinajstić information content (AvgIpc) is 2.91. The van der Waals surface area contributed by atoms with Gasteiger partial charge in [0, 0.05) is 24.2 Å². The van der Waals surface area contributed by atoms with Gasteiger partial charge in [-0.1, -0.05) is 18.2 Å². The van der Waals surface area contributed by atoms with Crippen LogP contribution in [0.25, 0.3) is 0 Å². The number of urea groups is 1. The molecule has 2 N–H and O–H groups in total. The van der Waals surface area contributed by atoms with Gasteiger partial charge in [0.15, 0.2) is 0 Å². The third-order valence-electron chi connectivity index (χ3n) is 4.75. The van der Waals surface area contributed by atoms with Crippen LogP contribution in [0.4, 0.5) is 16.2 Å². The summed E-state index contributed by atoms with van der Waals surface area (Å²) in [6, 6.07) is 11.7. The van der Waals surface area contributed by atoms with Gasteiger partial charge in [-0.15, -0.1) is 0 Å². The number of imide groups is 1. The molecule has 10 nitrogen and oxygen atoms in total. The first kappa shape index (κ1) is 20.8. The molecule has 2 aromatic rings. The van der Waals surface area contributed by atoms with Crippen molar-refractivity contribution in [2.45, 2.75) is 18.9 Å². The summed E-state index contributed by atoms with van der Waals surface area (Å²) in [7, 11) is 1.52. The fourth-order valence-corrected chi connectivity index (χ4v) is 3.25. The number of nitro benzene ring substituents is 1. The van der Waals surface area contributed by atoms with E-state index in [0.717, 1.165) is 10.5 Å². The van der Waals surface area contributed by atoms with Crippen molar-refractivity contribution in [3.63, 3.8) is 0 Å². The molecule has 0 spiro atoms. The van der Waals surface area contributed by atoms with E-state index >= 15 is 0 Å². The molecule has 0 saturated carbocycles. The van der Waals surface area contributed by atoms with Gasteiger partial charge < -0.3 is 15.4 Å². The van der Waals surface area contributed by atoms with Crippen molar-refractivity contribution in [2.75, 3.05) is 19.0 Å². The summed E-state index contributed by atoms with van der Waals surface area (Å²) in [6.45, 7) is 1.11. The highest BCUT2D eigenvalue weighted by molar-refractivity contribution is 6.10. The number of anilines is 1. The van der Waals surface area contributed by atoms with Crippen LogP contribution in [-0.2, 0) is 16.0 Å². The van der Waals surface area contributed by atoms with Gasteiger partial charge in [-0.2, -0.15) is 0 Å². The van der Waals surface area contributed by atoms with Crippen LogP contribution >= 0.6 is 0 Å². The number of hydrogen-bond acceptors (Lipinski definition) is 6. The maximum atomic E-state index is 12.9. The summed E-state index contributed by atoms with van der Waals surface area (Å²) in [5.74, 6) is -0.540. The van der Waals surface area contributed by atoms with Crippen LogP contribution in [0.2, 0.25) is 0 Å². The molecule has 3 rings (SSSR count). The molecule has 0 unspecified atom stereocenters. The fourth-order valence-electron chi connectivity index (χ4n) is 3.25. The lowest BCUT2D eigenvalue weighted by Crippen LogP contribution is -2.46. The predicted molar refractivity (Wildman–Crippen MR) is 107 cm³/mol. The molecule has 1 fully saturated rings. The Labute approximate surface area is 172 Å². The van der Waals surface area contributed by atoms with Gasteiger partial charge in [0.25, 0.3) is 11.6 Å². The van der Waals surface area contributed by atoms with E-state index in [1.165, 1.54) is 31.4 Å². The number of benzene rings is 2. The Bertz CT molecular complexity index is 1010.